The third-order valence-electron chi connectivity index (χ3n) is 2.40. The highest BCUT2D eigenvalue weighted by Gasteiger charge is 2.05. The Balaban J connectivity index is 2.46. The number of carbonyl (C=O) groups is 2. The molecule has 0 unspecified atom stereocenters. The summed E-state index contributed by atoms with van der Waals surface area (Å²) in [5, 5.41) is 17.5. The molecular formula is C14H17N3O3S. The van der Waals surface area contributed by atoms with Crippen LogP contribution < -0.4 is 16.0 Å². The van der Waals surface area contributed by atoms with E-state index in [0.29, 0.717) is 17.3 Å². The van der Waals surface area contributed by atoms with Crippen molar-refractivity contribution in [2.75, 3.05) is 17.2 Å². The van der Waals surface area contributed by atoms with Gasteiger partial charge >= 0.3 is 5.97 Å². The average Bonchev–Trinajstić information content (AvgIpc) is 2.45. The first kappa shape index (κ1) is 16.6. The monoisotopic (exact) mass is 307 g/mol. The average molecular weight is 307 g/mol. The highest BCUT2D eigenvalue weighted by atomic mass is 32.1. The molecule has 0 aromatic heterocycles. The lowest BCUT2D eigenvalue weighted by Gasteiger charge is -2.10. The molecule has 0 fully saturated rings. The molecule has 1 aromatic rings. The Hall–Kier alpha value is -2.41. The van der Waals surface area contributed by atoms with Gasteiger partial charge in [-0.15, -0.1) is 6.58 Å². The summed E-state index contributed by atoms with van der Waals surface area (Å²) >= 11 is 5.07. The molecule has 0 heterocycles. The zero-order chi connectivity index (χ0) is 15.7. The van der Waals surface area contributed by atoms with Crippen molar-refractivity contribution in [2.24, 2.45) is 0 Å². The maximum absolute atomic E-state index is 11.5. The number of benzene rings is 1. The zero-order valence-electron chi connectivity index (χ0n) is 11.4. The Morgan fingerprint density at radius 2 is 1.71 bits per heavy atom. The van der Waals surface area contributed by atoms with E-state index in [-0.39, 0.29) is 18.7 Å². The van der Waals surface area contributed by atoms with Gasteiger partial charge < -0.3 is 21.1 Å². The summed E-state index contributed by atoms with van der Waals surface area (Å²) in [5.74, 6) is -1.33. The molecule has 21 heavy (non-hydrogen) atoms. The minimum Gasteiger partial charge on any atom is -0.481 e. The number of hydrogen-bond donors (Lipinski definition) is 4. The topological polar surface area (TPSA) is 90.5 Å². The van der Waals surface area contributed by atoms with Gasteiger partial charge in [-0.25, -0.2) is 0 Å². The largest absolute Gasteiger partial charge is 0.481 e. The minimum absolute atomic E-state index is 0.0507. The summed E-state index contributed by atoms with van der Waals surface area (Å²) in [7, 11) is 0. The summed E-state index contributed by atoms with van der Waals surface area (Å²) in [6.45, 7) is 4.15. The van der Waals surface area contributed by atoms with Crippen LogP contribution in [0.5, 0.6) is 0 Å². The van der Waals surface area contributed by atoms with Crippen molar-refractivity contribution in [1.29, 1.82) is 0 Å². The number of carbonyl (C=O) groups excluding carboxylic acids is 1. The van der Waals surface area contributed by atoms with Crippen LogP contribution >= 0.6 is 12.2 Å². The first-order chi connectivity index (χ1) is 10.0. The van der Waals surface area contributed by atoms with E-state index < -0.39 is 5.97 Å². The van der Waals surface area contributed by atoms with E-state index in [1.807, 2.05) is 0 Å². The molecule has 0 saturated heterocycles. The fourth-order valence-corrected chi connectivity index (χ4v) is 1.62. The first-order valence-corrected chi connectivity index (χ1v) is 6.69. The molecule has 0 radical (unpaired) electrons. The van der Waals surface area contributed by atoms with Gasteiger partial charge in [0.1, 0.15) is 0 Å². The van der Waals surface area contributed by atoms with E-state index in [4.69, 9.17) is 17.3 Å². The van der Waals surface area contributed by atoms with E-state index in [1.54, 1.807) is 30.3 Å². The molecule has 4 N–H and O–H groups in total. The normalized spacial score (nSPS) is 9.52. The molecule has 0 aliphatic rings. The highest BCUT2D eigenvalue weighted by molar-refractivity contribution is 7.80. The van der Waals surface area contributed by atoms with Gasteiger partial charge in [0, 0.05) is 24.3 Å². The standard InChI is InChI=1S/C14H17N3O3S/c1-2-9-15-14(21)17-11-5-3-10(4-6-11)16-12(18)7-8-13(19)20/h2-6H,1,7-9H2,(H,16,18)(H,19,20)(H2,15,17,21). The van der Waals surface area contributed by atoms with Crippen LogP contribution in [-0.2, 0) is 9.59 Å². The second kappa shape index (κ2) is 8.70. The van der Waals surface area contributed by atoms with Gasteiger partial charge in [-0.05, 0) is 36.5 Å². The first-order valence-electron chi connectivity index (χ1n) is 6.28. The molecule has 112 valence electrons. The molecule has 0 atom stereocenters. The Morgan fingerprint density at radius 1 is 1.14 bits per heavy atom. The molecule has 7 heteroatoms. The van der Waals surface area contributed by atoms with Gasteiger partial charge in [-0.2, -0.15) is 0 Å². The predicted octanol–water partition coefficient (Wildman–Crippen LogP) is 1.96. The summed E-state index contributed by atoms with van der Waals surface area (Å²) in [6.07, 6.45) is 1.46. The number of carboxylic acid groups (broad SMARTS) is 1. The minimum atomic E-state index is -0.995. The van der Waals surface area contributed by atoms with Crippen molar-refractivity contribution in [3.63, 3.8) is 0 Å². The maximum Gasteiger partial charge on any atom is 0.303 e. The maximum atomic E-state index is 11.5. The lowest BCUT2D eigenvalue weighted by Crippen LogP contribution is -2.28. The number of carboxylic acids is 1. The van der Waals surface area contributed by atoms with Crippen molar-refractivity contribution in [3.8, 4) is 0 Å². The quantitative estimate of drug-likeness (QED) is 0.455. The Labute approximate surface area is 128 Å². The Morgan fingerprint density at radius 3 is 2.24 bits per heavy atom. The van der Waals surface area contributed by atoms with Crippen LogP contribution in [0.3, 0.4) is 0 Å². The zero-order valence-corrected chi connectivity index (χ0v) is 12.2. The smallest absolute Gasteiger partial charge is 0.303 e. The molecule has 1 rings (SSSR count). The molecule has 0 bridgehead atoms. The summed E-state index contributed by atoms with van der Waals surface area (Å²) in [4.78, 5) is 21.8. The molecule has 1 amide bonds. The fourth-order valence-electron chi connectivity index (χ4n) is 1.42. The molecule has 0 spiro atoms. The number of rotatable bonds is 7. The molecule has 0 aliphatic heterocycles. The lowest BCUT2D eigenvalue weighted by molar-refractivity contribution is -0.138. The number of hydrogen-bond acceptors (Lipinski definition) is 3. The van der Waals surface area contributed by atoms with Crippen LogP contribution in [0.4, 0.5) is 11.4 Å². The highest BCUT2D eigenvalue weighted by Crippen LogP contribution is 2.13. The summed E-state index contributed by atoms with van der Waals surface area (Å²) in [6, 6.07) is 6.93. The number of amides is 1. The fraction of sp³-hybridized carbons (Fsp3) is 0.214. The van der Waals surface area contributed by atoms with Crippen LogP contribution in [0, 0.1) is 0 Å². The van der Waals surface area contributed by atoms with E-state index in [9.17, 15) is 9.59 Å². The molecule has 6 nitrogen and oxygen atoms in total. The number of anilines is 2. The van der Waals surface area contributed by atoms with Crippen LogP contribution in [0.1, 0.15) is 12.8 Å². The van der Waals surface area contributed by atoms with Crippen molar-refractivity contribution in [2.45, 2.75) is 12.8 Å². The van der Waals surface area contributed by atoms with Crippen LogP contribution in [0.2, 0.25) is 0 Å². The predicted molar refractivity (Wildman–Crippen MR) is 86.4 cm³/mol. The van der Waals surface area contributed by atoms with E-state index in [1.165, 1.54) is 0 Å². The molecular weight excluding hydrogens is 290 g/mol. The SMILES string of the molecule is C=CCNC(=S)Nc1ccc(NC(=O)CCC(=O)O)cc1. The number of thiocarbonyl (C=S) groups is 1. The molecule has 0 saturated carbocycles. The molecule has 1 aromatic carbocycles. The number of nitrogens with one attached hydrogen (secondary N) is 3. The van der Waals surface area contributed by atoms with Crippen molar-refractivity contribution < 1.29 is 14.7 Å². The van der Waals surface area contributed by atoms with E-state index >= 15 is 0 Å². The Kier molecular flexibility index (Phi) is 6.90. The van der Waals surface area contributed by atoms with Gasteiger partial charge in [0.15, 0.2) is 5.11 Å². The second-order valence-corrected chi connectivity index (χ2v) is 4.55. The number of aliphatic carboxylic acids is 1. The Bertz CT molecular complexity index is 529. The van der Waals surface area contributed by atoms with Gasteiger partial charge in [0.05, 0.1) is 6.42 Å². The van der Waals surface area contributed by atoms with Crippen LogP contribution in [0.15, 0.2) is 36.9 Å². The van der Waals surface area contributed by atoms with Crippen LogP contribution in [0.25, 0.3) is 0 Å². The van der Waals surface area contributed by atoms with Crippen molar-refractivity contribution in [1.82, 2.24) is 5.32 Å². The second-order valence-electron chi connectivity index (χ2n) is 4.14. The third-order valence-corrected chi connectivity index (χ3v) is 2.65. The van der Waals surface area contributed by atoms with Gasteiger partial charge in [-0.1, -0.05) is 6.08 Å². The summed E-state index contributed by atoms with van der Waals surface area (Å²) < 4.78 is 0. The van der Waals surface area contributed by atoms with Gasteiger partial charge in [-0.3, -0.25) is 9.59 Å². The van der Waals surface area contributed by atoms with Crippen LogP contribution in [-0.4, -0.2) is 28.6 Å². The van der Waals surface area contributed by atoms with E-state index in [0.717, 1.165) is 5.69 Å². The van der Waals surface area contributed by atoms with Gasteiger partial charge in [0.2, 0.25) is 5.91 Å². The van der Waals surface area contributed by atoms with E-state index in [2.05, 4.69) is 22.5 Å². The summed E-state index contributed by atoms with van der Waals surface area (Å²) in [5.41, 5.74) is 1.38. The van der Waals surface area contributed by atoms with Crippen molar-refractivity contribution in [3.05, 3.63) is 36.9 Å². The van der Waals surface area contributed by atoms with Crippen molar-refractivity contribution >= 4 is 40.6 Å². The lowest BCUT2D eigenvalue weighted by atomic mass is 10.2. The van der Waals surface area contributed by atoms with Gasteiger partial charge in [0.25, 0.3) is 0 Å². The third kappa shape index (κ3) is 7.07. The molecule has 0 aliphatic carbocycles.